The van der Waals surface area contributed by atoms with Crippen molar-refractivity contribution in [1.82, 2.24) is 0 Å². The molecule has 0 spiro atoms. The van der Waals surface area contributed by atoms with Crippen LogP contribution in [-0.4, -0.2) is 14.9 Å². The number of hydrogen-bond donors (Lipinski definition) is 0. The summed E-state index contributed by atoms with van der Waals surface area (Å²) in [6, 6.07) is 0. The molecule has 0 aromatic rings. The van der Waals surface area contributed by atoms with Crippen molar-refractivity contribution in [2.45, 2.75) is 45.7 Å². The van der Waals surface area contributed by atoms with Gasteiger partial charge in [-0.2, -0.15) is 0 Å². The van der Waals surface area contributed by atoms with E-state index in [9.17, 15) is 0 Å². The standard InChI is InChI=1S/C10H22OSi/c1-7-11-12(8-2,9(3)4)10(5)6/h8-10H,2,7H2,1,3-6H3. The van der Waals surface area contributed by atoms with Gasteiger partial charge < -0.3 is 4.43 Å². The lowest BCUT2D eigenvalue weighted by molar-refractivity contribution is 0.314. The van der Waals surface area contributed by atoms with Crippen molar-refractivity contribution < 1.29 is 4.43 Å². The first-order valence-electron chi connectivity index (χ1n) is 4.78. The van der Waals surface area contributed by atoms with Crippen molar-refractivity contribution in [3.63, 3.8) is 0 Å². The molecule has 0 aromatic heterocycles. The first-order valence-corrected chi connectivity index (χ1v) is 6.92. The Labute approximate surface area is 78.0 Å². The summed E-state index contributed by atoms with van der Waals surface area (Å²) in [6.45, 7) is 15.8. The van der Waals surface area contributed by atoms with Crippen LogP contribution < -0.4 is 0 Å². The molecule has 0 N–H and O–H groups in total. The summed E-state index contributed by atoms with van der Waals surface area (Å²) in [5.74, 6) is 0. The van der Waals surface area contributed by atoms with Gasteiger partial charge in [-0.25, -0.2) is 0 Å². The van der Waals surface area contributed by atoms with Gasteiger partial charge in [-0.1, -0.05) is 33.4 Å². The average molecular weight is 186 g/mol. The first kappa shape index (κ1) is 11.9. The van der Waals surface area contributed by atoms with E-state index in [1.165, 1.54) is 0 Å². The highest BCUT2D eigenvalue weighted by atomic mass is 28.4. The van der Waals surface area contributed by atoms with Crippen LogP contribution in [0.25, 0.3) is 0 Å². The highest BCUT2D eigenvalue weighted by molar-refractivity contribution is 6.81. The fraction of sp³-hybridized carbons (Fsp3) is 0.800. The van der Waals surface area contributed by atoms with Crippen LogP contribution in [0.5, 0.6) is 0 Å². The molecule has 72 valence electrons. The van der Waals surface area contributed by atoms with Crippen LogP contribution in [0.4, 0.5) is 0 Å². The van der Waals surface area contributed by atoms with Gasteiger partial charge in [0, 0.05) is 6.61 Å². The Kier molecular flexibility index (Phi) is 4.79. The van der Waals surface area contributed by atoms with Crippen molar-refractivity contribution in [1.29, 1.82) is 0 Å². The molecule has 0 aromatic carbocycles. The summed E-state index contributed by atoms with van der Waals surface area (Å²) < 4.78 is 5.92. The Hall–Kier alpha value is -0.0831. The Balaban J connectivity index is 4.63. The number of hydrogen-bond acceptors (Lipinski definition) is 1. The minimum Gasteiger partial charge on any atom is -0.413 e. The predicted molar refractivity (Wildman–Crippen MR) is 57.8 cm³/mol. The summed E-state index contributed by atoms with van der Waals surface area (Å²) in [4.78, 5) is 0. The Morgan fingerprint density at radius 2 is 1.67 bits per heavy atom. The van der Waals surface area contributed by atoms with Gasteiger partial charge in [0.25, 0.3) is 0 Å². The molecule has 2 heteroatoms. The van der Waals surface area contributed by atoms with Crippen molar-refractivity contribution >= 4 is 8.32 Å². The second-order valence-corrected chi connectivity index (χ2v) is 8.51. The molecule has 0 aliphatic heterocycles. The van der Waals surface area contributed by atoms with Crippen LogP contribution in [0.1, 0.15) is 34.6 Å². The average Bonchev–Trinajstić information content (AvgIpc) is 1.98. The van der Waals surface area contributed by atoms with E-state index in [2.05, 4.69) is 46.9 Å². The van der Waals surface area contributed by atoms with Crippen molar-refractivity contribution in [3.8, 4) is 0 Å². The highest BCUT2D eigenvalue weighted by Gasteiger charge is 2.38. The van der Waals surface area contributed by atoms with Gasteiger partial charge in [0.1, 0.15) is 0 Å². The normalized spacial score (nSPS) is 12.6. The van der Waals surface area contributed by atoms with Crippen LogP contribution in [0.15, 0.2) is 12.3 Å². The van der Waals surface area contributed by atoms with Crippen LogP contribution in [-0.2, 0) is 4.43 Å². The minimum absolute atomic E-state index is 0.620. The second-order valence-electron chi connectivity index (χ2n) is 3.80. The number of rotatable bonds is 5. The molecule has 0 unspecified atom stereocenters. The molecular formula is C10H22OSi. The third-order valence-corrected chi connectivity index (χ3v) is 7.55. The molecule has 1 nitrogen and oxygen atoms in total. The lowest BCUT2D eigenvalue weighted by Gasteiger charge is -2.35. The van der Waals surface area contributed by atoms with Crippen LogP contribution in [0.2, 0.25) is 11.1 Å². The van der Waals surface area contributed by atoms with Crippen LogP contribution >= 0.6 is 0 Å². The fourth-order valence-corrected chi connectivity index (χ4v) is 5.34. The molecule has 0 fully saturated rings. The summed E-state index contributed by atoms with van der Waals surface area (Å²) in [6.07, 6.45) is 0. The van der Waals surface area contributed by atoms with Gasteiger partial charge in [0.15, 0.2) is 0 Å². The SMILES string of the molecule is C=C[Si](OCC)(C(C)C)C(C)C. The Morgan fingerprint density at radius 3 is 1.75 bits per heavy atom. The zero-order valence-corrected chi connectivity index (χ0v) is 10.1. The van der Waals surface area contributed by atoms with Crippen molar-refractivity contribution in [3.05, 3.63) is 12.3 Å². The Bertz CT molecular complexity index is 133. The zero-order chi connectivity index (χ0) is 9.78. The summed E-state index contributed by atoms with van der Waals surface area (Å²) in [5, 5.41) is 0. The maximum absolute atomic E-state index is 5.92. The van der Waals surface area contributed by atoms with Crippen molar-refractivity contribution in [2.75, 3.05) is 6.61 Å². The van der Waals surface area contributed by atoms with Gasteiger partial charge in [-0.15, -0.1) is 6.58 Å². The van der Waals surface area contributed by atoms with Crippen LogP contribution in [0, 0.1) is 0 Å². The zero-order valence-electron chi connectivity index (χ0n) is 9.05. The monoisotopic (exact) mass is 186 g/mol. The molecule has 0 bridgehead atoms. The van der Waals surface area contributed by atoms with Gasteiger partial charge in [0.2, 0.25) is 8.32 Å². The molecular weight excluding hydrogens is 164 g/mol. The molecule has 12 heavy (non-hydrogen) atoms. The molecule has 0 aliphatic carbocycles. The van der Waals surface area contributed by atoms with Crippen molar-refractivity contribution in [2.24, 2.45) is 0 Å². The van der Waals surface area contributed by atoms with Gasteiger partial charge in [0.05, 0.1) is 0 Å². The minimum atomic E-state index is -1.66. The second kappa shape index (κ2) is 4.82. The first-order chi connectivity index (χ1) is 5.51. The molecule has 0 aliphatic rings. The van der Waals surface area contributed by atoms with E-state index >= 15 is 0 Å². The molecule has 0 amide bonds. The molecule has 0 rings (SSSR count). The van der Waals surface area contributed by atoms with E-state index in [1.807, 2.05) is 0 Å². The smallest absolute Gasteiger partial charge is 0.221 e. The van der Waals surface area contributed by atoms with E-state index in [0.717, 1.165) is 6.61 Å². The molecule has 0 saturated carbocycles. The fourth-order valence-electron chi connectivity index (χ4n) is 1.78. The maximum Gasteiger partial charge on any atom is 0.221 e. The Morgan fingerprint density at radius 1 is 1.25 bits per heavy atom. The predicted octanol–water partition coefficient (Wildman–Crippen LogP) is 3.51. The van der Waals surface area contributed by atoms with E-state index in [1.54, 1.807) is 0 Å². The topological polar surface area (TPSA) is 9.23 Å². The molecule has 0 atom stereocenters. The largest absolute Gasteiger partial charge is 0.413 e. The lowest BCUT2D eigenvalue weighted by atomic mass is 10.5. The summed E-state index contributed by atoms with van der Waals surface area (Å²) in [5.41, 5.74) is 3.33. The van der Waals surface area contributed by atoms with E-state index < -0.39 is 8.32 Å². The third kappa shape index (κ3) is 2.20. The molecule has 0 radical (unpaired) electrons. The summed E-state index contributed by atoms with van der Waals surface area (Å²) in [7, 11) is -1.66. The quantitative estimate of drug-likeness (QED) is 0.597. The summed E-state index contributed by atoms with van der Waals surface area (Å²) >= 11 is 0. The lowest BCUT2D eigenvalue weighted by Crippen LogP contribution is -2.42. The van der Waals surface area contributed by atoms with E-state index in [4.69, 9.17) is 4.43 Å². The third-order valence-electron chi connectivity index (χ3n) is 2.52. The molecule has 0 saturated heterocycles. The van der Waals surface area contributed by atoms with E-state index in [-0.39, 0.29) is 0 Å². The maximum atomic E-state index is 5.92. The van der Waals surface area contributed by atoms with Gasteiger partial charge in [-0.3, -0.25) is 0 Å². The van der Waals surface area contributed by atoms with E-state index in [0.29, 0.717) is 11.1 Å². The van der Waals surface area contributed by atoms with Gasteiger partial charge >= 0.3 is 0 Å². The van der Waals surface area contributed by atoms with Crippen LogP contribution in [0.3, 0.4) is 0 Å². The van der Waals surface area contributed by atoms with Gasteiger partial charge in [-0.05, 0) is 18.0 Å². The highest BCUT2D eigenvalue weighted by Crippen LogP contribution is 2.33. The molecule has 0 heterocycles.